The molecule has 0 heterocycles. The molecule has 0 aromatic heterocycles. The van der Waals surface area contributed by atoms with Crippen LogP contribution in [0, 0.1) is 0 Å². The van der Waals surface area contributed by atoms with Crippen molar-refractivity contribution in [3.05, 3.63) is 0 Å². The number of thiocarbonyl (C=S) groups is 1. The molecule has 4 nitrogen and oxygen atoms in total. The van der Waals surface area contributed by atoms with Crippen LogP contribution in [-0.4, -0.2) is 22.4 Å². The van der Waals surface area contributed by atoms with Gasteiger partial charge in [-0.05, 0) is 59.7 Å². The van der Waals surface area contributed by atoms with Crippen molar-refractivity contribution in [3.8, 4) is 0 Å². The highest BCUT2D eigenvalue weighted by Gasteiger charge is 2.25. The topological polar surface area (TPSA) is 48.8 Å². The minimum Gasteiger partial charge on any atom is -0.360 e. The Bertz CT molecular complexity index is 287. The fraction of sp³-hybridized carbons (Fsp3) is 0.909. The van der Waals surface area contributed by atoms with Crippen molar-refractivity contribution < 1.29 is 0 Å². The molecule has 1 aliphatic rings. The number of hydrogen-bond donors (Lipinski definition) is 2. The third-order valence-corrected chi connectivity index (χ3v) is 2.15. The average Bonchev–Trinajstić information content (AvgIpc) is 2.82. The summed E-state index contributed by atoms with van der Waals surface area (Å²) in [4.78, 5) is 0. The van der Waals surface area contributed by atoms with E-state index in [-0.39, 0.29) is 5.54 Å². The van der Waals surface area contributed by atoms with Crippen LogP contribution < -0.4 is 10.6 Å². The van der Waals surface area contributed by atoms with Gasteiger partial charge in [0.15, 0.2) is 5.11 Å². The molecule has 1 saturated carbocycles. The highest BCUT2D eigenvalue weighted by molar-refractivity contribution is 7.80. The Morgan fingerprint density at radius 1 is 1.12 bits per heavy atom. The summed E-state index contributed by atoms with van der Waals surface area (Å²) < 4.78 is 0. The predicted molar refractivity (Wildman–Crippen MR) is 70.6 cm³/mol. The Balaban J connectivity index is 2.43. The van der Waals surface area contributed by atoms with Crippen molar-refractivity contribution in [2.75, 3.05) is 0 Å². The van der Waals surface area contributed by atoms with E-state index in [4.69, 9.17) is 12.2 Å². The van der Waals surface area contributed by atoms with Gasteiger partial charge >= 0.3 is 0 Å². The van der Waals surface area contributed by atoms with Gasteiger partial charge in [-0.2, -0.15) is 10.2 Å². The monoisotopic (exact) mass is 242 g/mol. The quantitative estimate of drug-likeness (QED) is 0.591. The molecule has 1 aliphatic carbocycles. The van der Waals surface area contributed by atoms with Gasteiger partial charge in [0.1, 0.15) is 5.66 Å². The molecule has 0 radical (unpaired) electrons. The zero-order valence-electron chi connectivity index (χ0n) is 10.8. The molecule has 1 rings (SSSR count). The van der Waals surface area contributed by atoms with Gasteiger partial charge in [-0.1, -0.05) is 0 Å². The lowest BCUT2D eigenvalue weighted by molar-refractivity contribution is 0.414. The van der Waals surface area contributed by atoms with Crippen molar-refractivity contribution in [2.45, 2.75) is 64.7 Å². The van der Waals surface area contributed by atoms with Crippen LogP contribution >= 0.6 is 12.2 Å². The second kappa shape index (κ2) is 4.65. The highest BCUT2D eigenvalue weighted by atomic mass is 32.1. The van der Waals surface area contributed by atoms with E-state index in [9.17, 15) is 0 Å². The van der Waals surface area contributed by atoms with Crippen LogP contribution in [0.1, 0.15) is 47.5 Å². The van der Waals surface area contributed by atoms with E-state index in [1.165, 1.54) is 12.8 Å². The first kappa shape index (κ1) is 13.4. The molecule has 16 heavy (non-hydrogen) atoms. The first-order valence-electron chi connectivity index (χ1n) is 5.71. The number of nitrogens with one attached hydrogen (secondary N) is 2. The highest BCUT2D eigenvalue weighted by Crippen LogP contribution is 2.19. The Morgan fingerprint density at radius 3 is 2.12 bits per heavy atom. The third kappa shape index (κ3) is 6.00. The van der Waals surface area contributed by atoms with E-state index < -0.39 is 5.66 Å². The smallest absolute Gasteiger partial charge is 0.168 e. The van der Waals surface area contributed by atoms with E-state index in [0.29, 0.717) is 11.2 Å². The summed E-state index contributed by atoms with van der Waals surface area (Å²) in [5, 5.41) is 15.6. The summed E-state index contributed by atoms with van der Waals surface area (Å²) in [7, 11) is 0. The molecule has 0 unspecified atom stereocenters. The Kier molecular flexibility index (Phi) is 3.88. The van der Waals surface area contributed by atoms with E-state index >= 15 is 0 Å². The molecule has 5 heteroatoms. The zero-order valence-corrected chi connectivity index (χ0v) is 11.6. The summed E-state index contributed by atoms with van der Waals surface area (Å²) in [5.41, 5.74) is -0.600. The van der Waals surface area contributed by atoms with Crippen LogP contribution in [-0.2, 0) is 0 Å². The Hall–Kier alpha value is -0.710. The van der Waals surface area contributed by atoms with Gasteiger partial charge in [-0.3, -0.25) is 0 Å². The van der Waals surface area contributed by atoms with E-state index in [0.717, 1.165) is 0 Å². The lowest BCUT2D eigenvalue weighted by atomic mass is 10.1. The normalized spacial score (nSPS) is 17.6. The van der Waals surface area contributed by atoms with Gasteiger partial charge in [-0.25, -0.2) is 0 Å². The minimum atomic E-state index is -0.452. The van der Waals surface area contributed by atoms with Gasteiger partial charge in [0.25, 0.3) is 0 Å². The number of azo groups is 1. The van der Waals surface area contributed by atoms with E-state index in [1.807, 2.05) is 34.6 Å². The predicted octanol–water partition coefficient (Wildman–Crippen LogP) is 2.60. The van der Waals surface area contributed by atoms with Crippen LogP contribution in [0.25, 0.3) is 0 Å². The molecule has 0 bridgehead atoms. The van der Waals surface area contributed by atoms with E-state index in [1.54, 1.807) is 0 Å². The average molecular weight is 242 g/mol. The van der Waals surface area contributed by atoms with Crippen molar-refractivity contribution in [1.82, 2.24) is 10.6 Å². The molecule has 0 aromatic rings. The fourth-order valence-corrected chi connectivity index (χ4v) is 1.44. The van der Waals surface area contributed by atoms with Crippen LogP contribution in [0.15, 0.2) is 10.2 Å². The summed E-state index contributed by atoms with van der Waals surface area (Å²) in [6.45, 7) is 9.99. The molecule has 0 amide bonds. The lowest BCUT2D eigenvalue weighted by Gasteiger charge is -2.24. The summed E-state index contributed by atoms with van der Waals surface area (Å²) in [6, 6.07) is 0.565. The van der Waals surface area contributed by atoms with Crippen molar-refractivity contribution >= 4 is 17.3 Å². The third-order valence-electron chi connectivity index (χ3n) is 1.93. The van der Waals surface area contributed by atoms with Crippen molar-refractivity contribution in [2.24, 2.45) is 10.2 Å². The SMILES string of the molecule is CC(C)(C)N=NC(C)(C)NC(=S)NC1CC1. The van der Waals surface area contributed by atoms with Crippen molar-refractivity contribution in [3.63, 3.8) is 0 Å². The van der Waals surface area contributed by atoms with E-state index in [2.05, 4.69) is 20.9 Å². The lowest BCUT2D eigenvalue weighted by Crippen LogP contribution is -2.47. The Morgan fingerprint density at radius 2 is 1.69 bits per heavy atom. The van der Waals surface area contributed by atoms with Gasteiger partial charge in [0.05, 0.1) is 5.54 Å². The van der Waals surface area contributed by atoms with Gasteiger partial charge in [0, 0.05) is 6.04 Å². The first-order chi connectivity index (χ1) is 7.18. The van der Waals surface area contributed by atoms with Crippen LogP contribution in [0.5, 0.6) is 0 Å². The molecule has 0 atom stereocenters. The maximum Gasteiger partial charge on any atom is 0.168 e. The molecular formula is C11H22N4S. The maximum absolute atomic E-state index is 5.20. The Labute approximate surface area is 103 Å². The second-order valence-electron chi connectivity index (χ2n) is 5.80. The van der Waals surface area contributed by atoms with Crippen LogP contribution in [0.2, 0.25) is 0 Å². The molecule has 0 spiro atoms. The second-order valence-corrected chi connectivity index (χ2v) is 6.21. The molecule has 2 N–H and O–H groups in total. The van der Waals surface area contributed by atoms with Crippen molar-refractivity contribution in [1.29, 1.82) is 0 Å². The number of hydrogen-bond acceptors (Lipinski definition) is 3. The zero-order chi connectivity index (χ0) is 12.4. The maximum atomic E-state index is 5.20. The minimum absolute atomic E-state index is 0.148. The van der Waals surface area contributed by atoms with Gasteiger partial charge in [0.2, 0.25) is 0 Å². The number of nitrogens with zero attached hydrogens (tertiary/aromatic N) is 2. The summed E-state index contributed by atoms with van der Waals surface area (Å²) in [6.07, 6.45) is 2.43. The molecule has 0 aliphatic heterocycles. The number of rotatable bonds is 3. The van der Waals surface area contributed by atoms with Crippen LogP contribution in [0.3, 0.4) is 0 Å². The molecule has 1 fully saturated rings. The largest absolute Gasteiger partial charge is 0.360 e. The summed E-state index contributed by atoms with van der Waals surface area (Å²) >= 11 is 5.20. The molecule has 92 valence electrons. The standard InChI is InChI=1S/C11H22N4S/c1-10(2,3)14-15-11(4,5)13-9(16)12-8-6-7-8/h8H,6-7H2,1-5H3,(H2,12,13,16). The molecular weight excluding hydrogens is 220 g/mol. The van der Waals surface area contributed by atoms with Crippen LogP contribution in [0.4, 0.5) is 0 Å². The van der Waals surface area contributed by atoms with Gasteiger partial charge in [-0.15, -0.1) is 0 Å². The fourth-order valence-electron chi connectivity index (χ4n) is 1.03. The summed E-state index contributed by atoms with van der Waals surface area (Å²) in [5.74, 6) is 0. The molecule has 0 aromatic carbocycles. The first-order valence-corrected chi connectivity index (χ1v) is 6.11. The molecule has 0 saturated heterocycles. The van der Waals surface area contributed by atoms with Gasteiger partial charge < -0.3 is 10.6 Å².